The molecule has 0 bridgehead atoms. The van der Waals surface area contributed by atoms with Gasteiger partial charge in [-0.05, 0) is 54.1 Å². The number of carbonyl (C=O) groups is 1. The van der Waals surface area contributed by atoms with Crippen LogP contribution < -0.4 is 9.46 Å². The molecule has 1 heterocycles. The molecule has 2 aromatic carbocycles. The molecule has 3 rings (SSSR count). The summed E-state index contributed by atoms with van der Waals surface area (Å²) in [5.74, 6) is -0.267. The normalized spacial score (nSPS) is 18.7. The minimum Gasteiger partial charge on any atom is -0.497 e. The monoisotopic (exact) mass is 390 g/mol. The van der Waals surface area contributed by atoms with Crippen LogP contribution in [0.15, 0.2) is 70.6 Å². The first kappa shape index (κ1) is 18.2. The highest BCUT2D eigenvalue weighted by molar-refractivity contribution is 7.90. The van der Waals surface area contributed by atoms with Gasteiger partial charge in [-0.3, -0.25) is 9.79 Å². The van der Waals surface area contributed by atoms with Gasteiger partial charge in [-0.1, -0.05) is 23.7 Å². The number of nitrogens with one attached hydrogen (secondary N) is 1. The molecule has 1 amide bonds. The van der Waals surface area contributed by atoms with Crippen molar-refractivity contribution >= 4 is 33.7 Å². The van der Waals surface area contributed by atoms with Crippen LogP contribution in [0.3, 0.4) is 0 Å². The number of hydrogen-bond donors (Lipinski definition) is 1. The van der Waals surface area contributed by atoms with E-state index in [1.165, 1.54) is 43.7 Å². The number of halogens is 1. The summed E-state index contributed by atoms with van der Waals surface area (Å²) in [7, 11) is -2.59. The molecule has 26 heavy (non-hydrogen) atoms. The molecule has 1 unspecified atom stereocenters. The summed E-state index contributed by atoms with van der Waals surface area (Å²) in [6.07, 6.45) is 4.58. The van der Waals surface area contributed by atoms with Crippen molar-refractivity contribution in [3.05, 3.63) is 71.3 Å². The van der Waals surface area contributed by atoms with Crippen molar-refractivity contribution in [3.8, 4) is 5.75 Å². The third-order valence-corrected chi connectivity index (χ3v) is 5.53. The minimum atomic E-state index is -4.07. The van der Waals surface area contributed by atoms with Crippen molar-refractivity contribution in [2.75, 3.05) is 7.11 Å². The van der Waals surface area contributed by atoms with Crippen molar-refractivity contribution in [1.29, 1.82) is 0 Å². The van der Waals surface area contributed by atoms with Crippen LogP contribution in [-0.4, -0.2) is 27.6 Å². The number of hydrogen-bond acceptors (Lipinski definition) is 5. The largest absolute Gasteiger partial charge is 0.497 e. The number of nitrogens with zero attached hydrogens (tertiary/aromatic N) is 1. The SMILES string of the molecule is COc1ccc(S(=O)(=O)NC(=O)C2(c3ccc(Cl)cc3)C=CC=N2)cc1. The highest BCUT2D eigenvalue weighted by atomic mass is 35.5. The van der Waals surface area contributed by atoms with E-state index in [4.69, 9.17) is 16.3 Å². The molecular formula is C18H15ClN2O4S. The fraction of sp³-hybridized carbons (Fsp3) is 0.111. The Kier molecular flexibility index (Phi) is 4.84. The second-order valence-corrected chi connectivity index (χ2v) is 7.64. The Morgan fingerprint density at radius 2 is 1.77 bits per heavy atom. The first-order valence-corrected chi connectivity index (χ1v) is 9.44. The number of amides is 1. The molecule has 0 aromatic heterocycles. The number of rotatable bonds is 5. The maximum Gasteiger partial charge on any atom is 0.270 e. The molecule has 8 heteroatoms. The van der Waals surface area contributed by atoms with Gasteiger partial charge in [0.25, 0.3) is 15.9 Å². The molecule has 0 aliphatic carbocycles. The van der Waals surface area contributed by atoms with Gasteiger partial charge >= 0.3 is 0 Å². The van der Waals surface area contributed by atoms with E-state index >= 15 is 0 Å². The standard InChI is InChI=1S/C18H15ClN2O4S/c1-25-15-7-9-16(10-8-15)26(23,24)21-17(22)18(11-2-12-20-18)13-3-5-14(19)6-4-13/h2-12H,1H3,(H,21,22). The highest BCUT2D eigenvalue weighted by Gasteiger charge is 2.40. The molecule has 1 atom stereocenters. The zero-order chi connectivity index (χ0) is 18.8. The Morgan fingerprint density at radius 3 is 2.31 bits per heavy atom. The number of allylic oxidation sites excluding steroid dienone is 1. The predicted octanol–water partition coefficient (Wildman–Crippen LogP) is 2.69. The molecule has 1 aliphatic rings. The topological polar surface area (TPSA) is 84.8 Å². The summed E-state index contributed by atoms with van der Waals surface area (Å²) in [4.78, 5) is 17.0. The lowest BCUT2D eigenvalue weighted by molar-refractivity contribution is -0.123. The smallest absolute Gasteiger partial charge is 0.270 e. The molecule has 0 spiro atoms. The molecule has 0 radical (unpaired) electrons. The van der Waals surface area contributed by atoms with Gasteiger partial charge in [-0.25, -0.2) is 13.1 Å². The van der Waals surface area contributed by atoms with Crippen molar-refractivity contribution < 1.29 is 17.9 Å². The molecule has 134 valence electrons. The van der Waals surface area contributed by atoms with Gasteiger partial charge in [0.15, 0.2) is 5.54 Å². The third-order valence-electron chi connectivity index (χ3n) is 3.93. The fourth-order valence-corrected chi connectivity index (χ4v) is 3.68. The van der Waals surface area contributed by atoms with Crippen molar-refractivity contribution in [2.24, 2.45) is 4.99 Å². The number of carbonyl (C=O) groups excluding carboxylic acids is 1. The Hall–Kier alpha value is -2.64. The fourth-order valence-electron chi connectivity index (χ4n) is 2.54. The Labute approximate surface area is 156 Å². The molecule has 0 fully saturated rings. The molecule has 1 N–H and O–H groups in total. The van der Waals surface area contributed by atoms with E-state index in [1.54, 1.807) is 30.3 Å². The quantitative estimate of drug-likeness (QED) is 0.850. The summed E-state index contributed by atoms with van der Waals surface area (Å²) < 4.78 is 32.2. The Bertz CT molecular complexity index is 969. The zero-order valence-corrected chi connectivity index (χ0v) is 15.3. The third kappa shape index (κ3) is 3.36. The van der Waals surface area contributed by atoms with Gasteiger partial charge in [-0.2, -0.15) is 0 Å². The highest BCUT2D eigenvalue weighted by Crippen LogP contribution is 2.32. The van der Waals surface area contributed by atoms with Gasteiger partial charge in [-0.15, -0.1) is 0 Å². The number of methoxy groups -OCH3 is 1. The van der Waals surface area contributed by atoms with Crippen molar-refractivity contribution in [2.45, 2.75) is 10.4 Å². The Morgan fingerprint density at radius 1 is 1.12 bits per heavy atom. The summed E-state index contributed by atoms with van der Waals surface area (Å²) >= 11 is 5.89. The van der Waals surface area contributed by atoms with Crippen molar-refractivity contribution in [1.82, 2.24) is 4.72 Å². The van der Waals surface area contributed by atoms with Crippen molar-refractivity contribution in [3.63, 3.8) is 0 Å². The van der Waals surface area contributed by atoms with Gasteiger partial charge in [0.1, 0.15) is 5.75 Å². The number of aliphatic imine (C=N–C) groups is 1. The summed E-state index contributed by atoms with van der Waals surface area (Å²) in [5, 5.41) is 0.501. The van der Waals surface area contributed by atoms with E-state index in [1.807, 2.05) is 0 Å². The average molecular weight is 391 g/mol. The van der Waals surface area contributed by atoms with Gasteiger partial charge in [0.2, 0.25) is 0 Å². The van der Waals surface area contributed by atoms with E-state index in [0.717, 1.165) is 0 Å². The first-order chi connectivity index (χ1) is 12.4. The van der Waals surface area contributed by atoms with Crippen LogP contribution in [0.2, 0.25) is 5.02 Å². The molecular weight excluding hydrogens is 376 g/mol. The number of ether oxygens (including phenoxy) is 1. The minimum absolute atomic E-state index is 0.0520. The first-order valence-electron chi connectivity index (χ1n) is 7.58. The lowest BCUT2D eigenvalue weighted by Gasteiger charge is -2.23. The maximum atomic E-state index is 12.9. The van der Waals surface area contributed by atoms with Gasteiger partial charge in [0.05, 0.1) is 12.0 Å². The van der Waals surface area contributed by atoms with Crippen LogP contribution >= 0.6 is 11.6 Å². The Balaban J connectivity index is 1.92. The van der Waals surface area contributed by atoms with Gasteiger partial charge in [0, 0.05) is 11.2 Å². The van der Waals surface area contributed by atoms with E-state index in [-0.39, 0.29) is 4.90 Å². The van der Waals surface area contributed by atoms with Crippen LogP contribution in [0.5, 0.6) is 5.75 Å². The summed E-state index contributed by atoms with van der Waals surface area (Å²) in [6.45, 7) is 0. The lowest BCUT2D eigenvalue weighted by Crippen LogP contribution is -2.43. The molecule has 6 nitrogen and oxygen atoms in total. The van der Waals surface area contributed by atoms with E-state index < -0.39 is 21.5 Å². The molecule has 0 saturated carbocycles. The number of sulfonamides is 1. The van der Waals surface area contributed by atoms with Crippen LogP contribution in [0.1, 0.15) is 5.56 Å². The maximum absolute atomic E-state index is 12.9. The molecule has 1 aliphatic heterocycles. The van der Waals surface area contributed by atoms with E-state index in [2.05, 4.69) is 9.71 Å². The van der Waals surface area contributed by atoms with Crippen LogP contribution in [-0.2, 0) is 20.4 Å². The van der Waals surface area contributed by atoms with E-state index in [9.17, 15) is 13.2 Å². The lowest BCUT2D eigenvalue weighted by atomic mass is 9.90. The zero-order valence-electron chi connectivity index (χ0n) is 13.7. The van der Waals surface area contributed by atoms with Crippen LogP contribution in [0.25, 0.3) is 0 Å². The van der Waals surface area contributed by atoms with Crippen LogP contribution in [0.4, 0.5) is 0 Å². The molecule has 0 saturated heterocycles. The molecule has 2 aromatic rings. The second kappa shape index (κ2) is 6.93. The average Bonchev–Trinajstić information content (AvgIpc) is 3.13. The van der Waals surface area contributed by atoms with Gasteiger partial charge < -0.3 is 4.74 Å². The van der Waals surface area contributed by atoms with Crippen LogP contribution in [0, 0.1) is 0 Å². The summed E-state index contributed by atoms with van der Waals surface area (Å²) in [6, 6.07) is 12.2. The summed E-state index contributed by atoms with van der Waals surface area (Å²) in [5.41, 5.74) is -0.946. The number of benzene rings is 2. The predicted molar refractivity (Wildman–Crippen MR) is 99.1 cm³/mol. The second-order valence-electron chi connectivity index (χ2n) is 5.52. The van der Waals surface area contributed by atoms with E-state index in [0.29, 0.717) is 16.3 Å².